The van der Waals surface area contributed by atoms with Crippen molar-refractivity contribution in [3.05, 3.63) is 262 Å². The molecule has 1 heterocycles. The van der Waals surface area contributed by atoms with Crippen LogP contribution in [0.3, 0.4) is 0 Å². The SMILES string of the molecule is CCC(C)c1ccccc1-c1ccc(N(c2ccc(C)c(C)c2)c2cc3c(c4ccccc24)-c2ccc(-n4c5ccccc5c5ccccc54)cc2C3(c2cccc(C)c2)c2cccc(C)c2)cc1C. The molecule has 1 aliphatic rings. The van der Waals surface area contributed by atoms with Crippen molar-refractivity contribution in [3.63, 3.8) is 0 Å². The van der Waals surface area contributed by atoms with Crippen LogP contribution in [0.4, 0.5) is 17.1 Å². The van der Waals surface area contributed by atoms with Gasteiger partial charge in [0.15, 0.2) is 0 Å². The van der Waals surface area contributed by atoms with Gasteiger partial charge in [0.1, 0.15) is 0 Å². The van der Waals surface area contributed by atoms with E-state index in [9.17, 15) is 0 Å². The van der Waals surface area contributed by atoms with Crippen molar-refractivity contribution in [2.24, 2.45) is 0 Å². The van der Waals surface area contributed by atoms with E-state index in [2.05, 4.69) is 264 Å². The van der Waals surface area contributed by atoms with E-state index in [0.717, 1.165) is 29.2 Å². The lowest BCUT2D eigenvalue weighted by atomic mass is 9.67. The van der Waals surface area contributed by atoms with E-state index in [1.165, 1.54) is 110 Å². The van der Waals surface area contributed by atoms with Crippen molar-refractivity contribution >= 4 is 49.6 Å². The molecule has 70 heavy (non-hydrogen) atoms. The van der Waals surface area contributed by atoms with Gasteiger partial charge in [-0.3, -0.25) is 0 Å². The van der Waals surface area contributed by atoms with Gasteiger partial charge in [-0.1, -0.05) is 177 Å². The van der Waals surface area contributed by atoms with Gasteiger partial charge in [0, 0.05) is 33.2 Å². The summed E-state index contributed by atoms with van der Waals surface area (Å²) in [6, 6.07) is 78.4. The molecule has 0 saturated carbocycles. The minimum absolute atomic E-state index is 0.462. The number of rotatable bonds is 9. The molecule has 0 aliphatic heterocycles. The first-order chi connectivity index (χ1) is 34.1. The molecule has 340 valence electrons. The highest BCUT2D eigenvalue weighted by atomic mass is 15.1. The second-order valence-corrected chi connectivity index (χ2v) is 20.0. The largest absolute Gasteiger partial charge is 0.310 e. The molecule has 0 radical (unpaired) electrons. The summed E-state index contributed by atoms with van der Waals surface area (Å²) in [5, 5.41) is 4.98. The van der Waals surface area contributed by atoms with Gasteiger partial charge in [-0.05, 0) is 174 Å². The second-order valence-electron chi connectivity index (χ2n) is 20.0. The molecule has 2 nitrogen and oxygen atoms in total. The third-order valence-corrected chi connectivity index (χ3v) is 15.7. The van der Waals surface area contributed by atoms with Crippen LogP contribution >= 0.6 is 0 Å². The first-order valence-corrected chi connectivity index (χ1v) is 25.1. The number of anilines is 3. The Morgan fingerprint density at radius 3 is 1.64 bits per heavy atom. The fraction of sp³-hybridized carbons (Fsp3) is 0.147. The highest BCUT2D eigenvalue weighted by Crippen LogP contribution is 2.60. The Kier molecular flexibility index (Phi) is 10.5. The lowest BCUT2D eigenvalue weighted by molar-refractivity contribution is 0.735. The first kappa shape index (κ1) is 43.3. The number of aromatic nitrogens is 1. The van der Waals surface area contributed by atoms with Gasteiger partial charge in [-0.15, -0.1) is 0 Å². The molecule has 1 unspecified atom stereocenters. The monoisotopic (exact) mass is 902 g/mol. The summed E-state index contributed by atoms with van der Waals surface area (Å²) in [6.45, 7) is 15.8. The maximum atomic E-state index is 2.57. The van der Waals surface area contributed by atoms with E-state index in [1.54, 1.807) is 0 Å². The van der Waals surface area contributed by atoms with Gasteiger partial charge in [0.05, 0.1) is 22.1 Å². The number of para-hydroxylation sites is 2. The zero-order valence-corrected chi connectivity index (χ0v) is 41.3. The molecule has 11 aromatic rings. The van der Waals surface area contributed by atoms with Crippen LogP contribution in [-0.4, -0.2) is 4.57 Å². The van der Waals surface area contributed by atoms with Gasteiger partial charge in [0.25, 0.3) is 0 Å². The van der Waals surface area contributed by atoms with Gasteiger partial charge in [-0.25, -0.2) is 0 Å². The van der Waals surface area contributed by atoms with Crippen LogP contribution in [0.15, 0.2) is 206 Å². The molecule has 0 spiro atoms. The third-order valence-electron chi connectivity index (χ3n) is 15.7. The Morgan fingerprint density at radius 1 is 0.443 bits per heavy atom. The molecule has 0 fully saturated rings. The van der Waals surface area contributed by atoms with Gasteiger partial charge < -0.3 is 9.47 Å². The Bertz CT molecular complexity index is 3760. The highest BCUT2D eigenvalue weighted by Gasteiger charge is 2.48. The minimum Gasteiger partial charge on any atom is -0.310 e. The molecule has 0 saturated heterocycles. The van der Waals surface area contributed by atoms with Crippen LogP contribution in [0.2, 0.25) is 0 Å². The summed E-state index contributed by atoms with van der Waals surface area (Å²) in [4.78, 5) is 2.54. The van der Waals surface area contributed by atoms with E-state index in [-0.39, 0.29) is 0 Å². The Morgan fingerprint density at radius 2 is 1.01 bits per heavy atom. The molecule has 1 aromatic heterocycles. The topological polar surface area (TPSA) is 8.17 Å². The fourth-order valence-electron chi connectivity index (χ4n) is 12.0. The van der Waals surface area contributed by atoms with Crippen LogP contribution in [0.25, 0.3) is 60.5 Å². The average molecular weight is 903 g/mol. The molecule has 1 aliphatic carbocycles. The number of hydrogen-bond donors (Lipinski definition) is 0. The lowest BCUT2D eigenvalue weighted by Gasteiger charge is -2.36. The zero-order valence-electron chi connectivity index (χ0n) is 41.3. The normalized spacial score (nSPS) is 13.2. The predicted molar refractivity (Wildman–Crippen MR) is 298 cm³/mol. The van der Waals surface area contributed by atoms with Crippen LogP contribution in [-0.2, 0) is 5.41 Å². The van der Waals surface area contributed by atoms with Crippen molar-refractivity contribution < 1.29 is 0 Å². The molecule has 0 N–H and O–H groups in total. The lowest BCUT2D eigenvalue weighted by Crippen LogP contribution is -2.29. The van der Waals surface area contributed by atoms with E-state index in [1.807, 2.05) is 0 Å². The number of benzene rings is 10. The van der Waals surface area contributed by atoms with Crippen molar-refractivity contribution in [1.29, 1.82) is 0 Å². The summed E-state index contributed by atoms with van der Waals surface area (Å²) in [5.41, 5.74) is 24.3. The Hall–Kier alpha value is -7.94. The van der Waals surface area contributed by atoms with Crippen molar-refractivity contribution in [1.82, 2.24) is 4.57 Å². The van der Waals surface area contributed by atoms with Crippen LogP contribution < -0.4 is 4.90 Å². The summed E-state index contributed by atoms with van der Waals surface area (Å²) in [7, 11) is 0. The molecule has 2 heteroatoms. The highest BCUT2D eigenvalue weighted by molar-refractivity contribution is 6.12. The molecular weight excluding hydrogens is 845 g/mol. The number of fused-ring (bicyclic) bond motifs is 8. The van der Waals surface area contributed by atoms with E-state index in [4.69, 9.17) is 0 Å². The van der Waals surface area contributed by atoms with Crippen molar-refractivity contribution in [2.45, 2.75) is 66.2 Å². The van der Waals surface area contributed by atoms with Gasteiger partial charge in [0.2, 0.25) is 0 Å². The number of aryl methyl sites for hydroxylation is 5. The van der Waals surface area contributed by atoms with Crippen LogP contribution in [0, 0.1) is 34.6 Å². The predicted octanol–water partition coefficient (Wildman–Crippen LogP) is 18.5. The van der Waals surface area contributed by atoms with Gasteiger partial charge in [-0.2, -0.15) is 0 Å². The molecule has 0 amide bonds. The number of hydrogen-bond acceptors (Lipinski definition) is 1. The van der Waals surface area contributed by atoms with Crippen LogP contribution in [0.1, 0.15) is 81.8 Å². The Labute approximate surface area is 413 Å². The maximum Gasteiger partial charge on any atom is 0.0715 e. The van der Waals surface area contributed by atoms with E-state index >= 15 is 0 Å². The van der Waals surface area contributed by atoms with Crippen molar-refractivity contribution in [2.75, 3.05) is 4.90 Å². The summed E-state index contributed by atoms with van der Waals surface area (Å²) < 4.78 is 2.48. The first-order valence-electron chi connectivity index (χ1n) is 25.1. The smallest absolute Gasteiger partial charge is 0.0715 e. The van der Waals surface area contributed by atoms with E-state index < -0.39 is 5.41 Å². The van der Waals surface area contributed by atoms with Crippen LogP contribution in [0.5, 0.6) is 0 Å². The third kappa shape index (κ3) is 6.68. The number of nitrogens with zero attached hydrogens (tertiary/aromatic N) is 2. The fourth-order valence-corrected chi connectivity index (χ4v) is 12.0. The average Bonchev–Trinajstić information content (AvgIpc) is 3.88. The molecule has 10 aromatic carbocycles. The summed E-state index contributed by atoms with van der Waals surface area (Å²) in [6.07, 6.45) is 1.10. The molecular formula is C68H58N2. The van der Waals surface area contributed by atoms with E-state index in [0.29, 0.717) is 5.92 Å². The quantitative estimate of drug-likeness (QED) is 0.140. The standard InChI is InChI=1S/C68H58N2/c1-8-45(4)54-23-9-10-24-56(54)55-35-33-52(40-48(55)7)69(51-32-31-46(5)47(6)39-51)66-42-63-67(60-28-12-11-27-59(60)66)61-36-34-53(70-64-29-15-13-25-57(64)58-26-14-16-30-65(58)70)41-62(61)68(63,49-21-17-19-43(2)37-49)50-22-18-20-44(3)38-50/h9-42,45H,8H2,1-7H3. The molecule has 12 rings (SSSR count). The summed E-state index contributed by atoms with van der Waals surface area (Å²) >= 11 is 0. The zero-order chi connectivity index (χ0) is 47.8. The molecule has 0 bridgehead atoms. The maximum absolute atomic E-state index is 2.57. The minimum atomic E-state index is -0.676. The van der Waals surface area contributed by atoms with Crippen molar-refractivity contribution in [3.8, 4) is 27.9 Å². The Balaban J connectivity index is 1.18. The molecule has 1 atom stereocenters. The summed E-state index contributed by atoms with van der Waals surface area (Å²) in [5.74, 6) is 0.462. The van der Waals surface area contributed by atoms with Gasteiger partial charge >= 0.3 is 0 Å². The second kappa shape index (κ2) is 16.9.